The van der Waals surface area contributed by atoms with Gasteiger partial charge in [-0.3, -0.25) is 8.93 Å². The highest BCUT2D eigenvalue weighted by molar-refractivity contribution is 8.00. The van der Waals surface area contributed by atoms with E-state index in [2.05, 4.69) is 9.12 Å². The lowest BCUT2D eigenvalue weighted by Crippen LogP contribution is -2.27. The summed E-state index contributed by atoms with van der Waals surface area (Å²) >= 11 is 0. The molecule has 0 aromatic heterocycles. The monoisotopic (exact) mass is 359 g/mol. The number of anilines is 1. The summed E-state index contributed by atoms with van der Waals surface area (Å²) in [6, 6.07) is 4.99. The molecular weight excluding hydrogens is 338 g/mol. The van der Waals surface area contributed by atoms with Gasteiger partial charge >= 0.3 is 10.2 Å². The summed E-state index contributed by atoms with van der Waals surface area (Å²) in [7, 11) is -5.64. The van der Waals surface area contributed by atoms with E-state index in [-0.39, 0.29) is 5.84 Å². The first-order valence-corrected chi connectivity index (χ1v) is 10.8. The maximum absolute atomic E-state index is 11.9. The first-order chi connectivity index (χ1) is 10.7. The summed E-state index contributed by atoms with van der Waals surface area (Å²) in [4.78, 5) is 0. The molecule has 0 saturated heterocycles. The largest absolute Gasteiger partial charge is 0.493 e. The van der Waals surface area contributed by atoms with Crippen LogP contribution in [0.4, 0.5) is 5.69 Å². The molecule has 0 amide bonds. The zero-order valence-corrected chi connectivity index (χ0v) is 14.7. The predicted molar refractivity (Wildman–Crippen MR) is 95.1 cm³/mol. The molecule has 0 spiro atoms. The highest BCUT2D eigenvalue weighted by Crippen LogP contribution is 2.30. The molecular formula is C14H21N3O4S2. The fraction of sp³-hybridized carbons (Fsp3) is 0.429. The molecule has 0 radical (unpaired) electrons. The minimum Gasteiger partial charge on any atom is -0.493 e. The second-order valence-electron chi connectivity index (χ2n) is 5.25. The zero-order valence-electron chi connectivity index (χ0n) is 13.1. The highest BCUT2D eigenvalue weighted by atomic mass is 32.2. The van der Waals surface area contributed by atoms with E-state index in [0.29, 0.717) is 42.2 Å². The number of benzene rings is 1. The number of rotatable bonds is 6. The van der Waals surface area contributed by atoms with Crippen molar-refractivity contribution in [1.29, 1.82) is 0 Å². The van der Waals surface area contributed by atoms with Crippen LogP contribution in [0.1, 0.15) is 25.3 Å². The van der Waals surface area contributed by atoms with E-state index in [4.69, 9.17) is 10.5 Å². The predicted octanol–water partition coefficient (Wildman–Crippen LogP) is 0.958. The van der Waals surface area contributed by atoms with Crippen molar-refractivity contribution in [3.8, 4) is 5.75 Å². The summed E-state index contributed by atoms with van der Waals surface area (Å²) in [5.41, 5.74) is 6.53. The molecule has 2 rings (SSSR count). The SMILES string of the molecule is CCS(C)(=O)=CCCCOc1cccc2c1C(N)=NS(=O)(=O)N2. The number of hydrogen-bond donors (Lipinski definition) is 2. The minimum absolute atomic E-state index is 0.0940. The molecule has 23 heavy (non-hydrogen) atoms. The lowest BCUT2D eigenvalue weighted by Gasteiger charge is -2.19. The van der Waals surface area contributed by atoms with Crippen molar-refractivity contribution in [2.24, 2.45) is 10.1 Å². The van der Waals surface area contributed by atoms with Gasteiger partial charge in [0.1, 0.15) is 5.75 Å². The average Bonchev–Trinajstić information content (AvgIpc) is 2.45. The van der Waals surface area contributed by atoms with Crippen molar-refractivity contribution in [2.45, 2.75) is 19.8 Å². The van der Waals surface area contributed by atoms with Crippen LogP contribution in [0.5, 0.6) is 5.75 Å². The van der Waals surface area contributed by atoms with Gasteiger partial charge < -0.3 is 10.5 Å². The third kappa shape index (κ3) is 4.61. The number of nitrogens with zero attached hydrogens (tertiary/aromatic N) is 1. The summed E-state index contributed by atoms with van der Waals surface area (Å²) in [6.07, 6.45) is 3.14. The van der Waals surface area contributed by atoms with Crippen molar-refractivity contribution >= 4 is 36.6 Å². The first kappa shape index (κ1) is 17.6. The lowest BCUT2D eigenvalue weighted by molar-refractivity contribution is 0.314. The van der Waals surface area contributed by atoms with E-state index in [1.54, 1.807) is 24.5 Å². The minimum atomic E-state index is -3.79. The number of ether oxygens (including phenoxy) is 1. The molecule has 1 aliphatic rings. The molecule has 1 atom stereocenters. The standard InChI is InChI=1S/C14H21N3O4S2/c1-3-22(2,18)10-5-4-9-21-12-8-6-7-11-13(12)14(15)17-23(19,20)16-11/h6-8,10,16H,3-5,9H2,1-2H3,(H2,15,17). The van der Waals surface area contributed by atoms with Crippen molar-refractivity contribution in [3.05, 3.63) is 23.8 Å². The molecule has 1 aliphatic heterocycles. The number of amidine groups is 1. The molecule has 3 N–H and O–H groups in total. The number of nitrogens with two attached hydrogens (primary N) is 1. The van der Waals surface area contributed by atoms with Crippen molar-refractivity contribution in [3.63, 3.8) is 0 Å². The molecule has 1 unspecified atom stereocenters. The first-order valence-electron chi connectivity index (χ1n) is 7.18. The van der Waals surface area contributed by atoms with Gasteiger partial charge in [-0.2, -0.15) is 8.42 Å². The molecule has 1 aromatic rings. The lowest BCUT2D eigenvalue weighted by atomic mass is 10.1. The van der Waals surface area contributed by atoms with Crippen LogP contribution in [-0.2, 0) is 19.7 Å². The van der Waals surface area contributed by atoms with Gasteiger partial charge in [0.15, 0.2) is 5.84 Å². The van der Waals surface area contributed by atoms with Gasteiger partial charge in [-0.1, -0.05) is 13.0 Å². The fourth-order valence-corrected chi connectivity index (χ4v) is 3.80. The Morgan fingerprint density at radius 1 is 1.43 bits per heavy atom. The van der Waals surface area contributed by atoms with Crippen LogP contribution in [0.3, 0.4) is 0 Å². The number of hydrogen-bond acceptors (Lipinski definition) is 5. The number of unbranched alkanes of at least 4 members (excludes halogenated alkanes) is 1. The van der Waals surface area contributed by atoms with Gasteiger partial charge in [-0.05, 0) is 39.9 Å². The van der Waals surface area contributed by atoms with Crippen LogP contribution >= 0.6 is 0 Å². The van der Waals surface area contributed by atoms with Crippen LogP contribution in [0.15, 0.2) is 22.6 Å². The smallest absolute Gasteiger partial charge is 0.344 e. The quantitative estimate of drug-likeness (QED) is 0.580. The topological polar surface area (TPSA) is 111 Å². The van der Waals surface area contributed by atoms with E-state index in [9.17, 15) is 12.6 Å². The average molecular weight is 359 g/mol. The van der Waals surface area contributed by atoms with Gasteiger partial charge in [-0.25, -0.2) is 0 Å². The van der Waals surface area contributed by atoms with Crippen LogP contribution in [0.2, 0.25) is 0 Å². The second kappa shape index (κ2) is 6.79. The Kier molecular flexibility index (Phi) is 5.20. The van der Waals surface area contributed by atoms with Crippen molar-refractivity contribution in [1.82, 2.24) is 0 Å². The summed E-state index contributed by atoms with van der Waals surface area (Å²) in [6.45, 7) is 2.31. The van der Waals surface area contributed by atoms with E-state index in [0.717, 1.165) is 0 Å². The Balaban J connectivity index is 2.06. The van der Waals surface area contributed by atoms with Gasteiger partial charge in [0.05, 0.1) is 17.9 Å². The molecule has 0 fully saturated rings. The summed E-state index contributed by atoms with van der Waals surface area (Å²) in [5, 5.41) is 1.83. The maximum atomic E-state index is 11.9. The Bertz CT molecular complexity index is 838. The van der Waals surface area contributed by atoms with Crippen LogP contribution < -0.4 is 15.2 Å². The van der Waals surface area contributed by atoms with E-state index in [1.165, 1.54) is 0 Å². The Labute approximate surface area is 137 Å². The van der Waals surface area contributed by atoms with E-state index < -0.39 is 19.7 Å². The summed E-state index contributed by atoms with van der Waals surface area (Å²) in [5.74, 6) is 1.01. The summed E-state index contributed by atoms with van der Waals surface area (Å²) < 4.78 is 46.3. The molecule has 9 heteroatoms. The van der Waals surface area contributed by atoms with Crippen LogP contribution in [0, 0.1) is 0 Å². The van der Waals surface area contributed by atoms with Gasteiger partial charge in [0, 0.05) is 12.0 Å². The molecule has 0 bridgehead atoms. The van der Waals surface area contributed by atoms with Crippen LogP contribution in [-0.4, -0.2) is 42.4 Å². The van der Waals surface area contributed by atoms with E-state index in [1.807, 2.05) is 12.3 Å². The molecule has 1 aromatic carbocycles. The third-order valence-corrected chi connectivity index (χ3v) is 6.39. The third-order valence-electron chi connectivity index (χ3n) is 3.39. The Morgan fingerprint density at radius 3 is 2.87 bits per heavy atom. The fourth-order valence-electron chi connectivity index (χ4n) is 2.05. The number of fused-ring (bicyclic) bond motifs is 1. The normalized spacial score (nSPS) is 18.1. The van der Waals surface area contributed by atoms with Gasteiger partial charge in [-0.15, -0.1) is 4.40 Å². The molecule has 128 valence electrons. The van der Waals surface area contributed by atoms with E-state index >= 15 is 0 Å². The number of nitrogens with one attached hydrogen (secondary N) is 1. The molecule has 0 aliphatic carbocycles. The Hall–Kier alpha value is -1.74. The van der Waals surface area contributed by atoms with Crippen molar-refractivity contribution < 1.29 is 17.4 Å². The molecule has 7 nitrogen and oxygen atoms in total. The van der Waals surface area contributed by atoms with Gasteiger partial charge in [0.25, 0.3) is 0 Å². The Morgan fingerprint density at radius 2 is 2.17 bits per heavy atom. The second-order valence-corrected chi connectivity index (χ2v) is 9.64. The molecule has 0 saturated carbocycles. The highest BCUT2D eigenvalue weighted by Gasteiger charge is 2.24. The zero-order chi connectivity index (χ0) is 17.1. The maximum Gasteiger partial charge on any atom is 0.344 e. The van der Waals surface area contributed by atoms with Crippen LogP contribution in [0.25, 0.3) is 0 Å². The molecule has 1 heterocycles. The van der Waals surface area contributed by atoms with Crippen molar-refractivity contribution in [2.75, 3.05) is 23.3 Å². The van der Waals surface area contributed by atoms with Gasteiger partial charge in [0.2, 0.25) is 0 Å².